The Morgan fingerprint density at radius 1 is 1.11 bits per heavy atom. The monoisotopic (exact) mass is 535 g/mol. The van der Waals surface area contributed by atoms with Crippen LogP contribution >= 0.6 is 23.1 Å². The quantitative estimate of drug-likeness (QED) is 0.510. The number of halogens is 1. The number of fused-ring (bicyclic) bond motifs is 1. The fourth-order valence-electron chi connectivity index (χ4n) is 6.13. The Morgan fingerprint density at radius 3 is 2.70 bits per heavy atom. The number of hydrogen-bond acceptors (Lipinski definition) is 6. The molecule has 3 aliphatic rings. The van der Waals surface area contributed by atoms with Gasteiger partial charge in [0.2, 0.25) is 0 Å². The lowest BCUT2D eigenvalue weighted by Crippen LogP contribution is -2.42. The van der Waals surface area contributed by atoms with Gasteiger partial charge in [0.1, 0.15) is 0 Å². The molecule has 2 saturated heterocycles. The Balaban J connectivity index is 1.10. The van der Waals surface area contributed by atoms with Gasteiger partial charge < -0.3 is 10.2 Å². The molecule has 192 valence electrons. The Labute approximate surface area is 226 Å². The van der Waals surface area contributed by atoms with Crippen LogP contribution in [0.2, 0.25) is 5.02 Å². The molecule has 2 aliphatic heterocycles. The molecule has 7 nitrogen and oxygen atoms in total. The molecule has 0 bridgehead atoms. The minimum Gasteiger partial charge on any atom is -0.345 e. The minimum atomic E-state index is -0.181. The third-order valence-corrected chi connectivity index (χ3v) is 9.21. The lowest BCUT2D eigenvalue weighted by atomic mass is 9.78. The molecule has 2 aromatic carbocycles. The van der Waals surface area contributed by atoms with Crippen LogP contribution in [0.1, 0.15) is 69.3 Å². The van der Waals surface area contributed by atoms with E-state index < -0.39 is 0 Å². The highest BCUT2D eigenvalue weighted by molar-refractivity contribution is 7.03. The van der Waals surface area contributed by atoms with Crippen molar-refractivity contribution in [2.24, 2.45) is 5.41 Å². The van der Waals surface area contributed by atoms with E-state index >= 15 is 0 Å². The van der Waals surface area contributed by atoms with E-state index in [1.807, 2.05) is 34.5 Å². The molecule has 2 amide bonds. The standard InChI is InChI=1S/C28H30ClN5O2S/c29-24-4-2-1-3-22(24)26(35)30-25-8-7-19-5-6-20(15-23(19)25)27(36)34-14-11-28(18-34)9-12-33(13-10-28)16-21-17-37-32-31-21/h1-6,15,17,25H,7-14,16,18H2,(H,30,35). The molecule has 1 atom stereocenters. The van der Waals surface area contributed by atoms with Crippen molar-refractivity contribution in [2.75, 3.05) is 26.2 Å². The second-order valence-corrected chi connectivity index (χ2v) is 11.6. The van der Waals surface area contributed by atoms with Crippen molar-refractivity contribution < 1.29 is 9.59 Å². The molecule has 6 rings (SSSR count). The van der Waals surface area contributed by atoms with E-state index in [0.29, 0.717) is 16.1 Å². The van der Waals surface area contributed by atoms with Crippen molar-refractivity contribution in [1.82, 2.24) is 24.7 Å². The number of carbonyl (C=O) groups excluding carboxylic acids is 2. The molecule has 9 heteroatoms. The lowest BCUT2D eigenvalue weighted by Gasteiger charge is -2.39. The van der Waals surface area contributed by atoms with Crippen LogP contribution in [-0.4, -0.2) is 57.4 Å². The zero-order valence-corrected chi connectivity index (χ0v) is 22.2. The number of likely N-dealkylation sites (tertiary alicyclic amines) is 2. The smallest absolute Gasteiger partial charge is 0.253 e. The van der Waals surface area contributed by atoms with E-state index in [9.17, 15) is 9.59 Å². The first-order valence-electron chi connectivity index (χ1n) is 13.0. The van der Waals surface area contributed by atoms with Crippen LogP contribution in [0, 0.1) is 5.41 Å². The maximum absolute atomic E-state index is 13.5. The van der Waals surface area contributed by atoms with Crippen molar-refractivity contribution in [3.63, 3.8) is 0 Å². The fraction of sp³-hybridized carbons (Fsp3) is 0.429. The van der Waals surface area contributed by atoms with Gasteiger partial charge in [0.25, 0.3) is 11.8 Å². The Morgan fingerprint density at radius 2 is 1.92 bits per heavy atom. The predicted molar refractivity (Wildman–Crippen MR) is 144 cm³/mol. The van der Waals surface area contributed by atoms with Crippen molar-refractivity contribution in [1.29, 1.82) is 0 Å². The van der Waals surface area contributed by atoms with E-state index in [4.69, 9.17) is 11.6 Å². The number of carbonyl (C=O) groups is 2. The number of aromatic nitrogens is 2. The molecule has 1 unspecified atom stereocenters. The van der Waals surface area contributed by atoms with Crippen LogP contribution in [0.15, 0.2) is 47.8 Å². The van der Waals surface area contributed by atoms with Gasteiger partial charge in [-0.3, -0.25) is 14.5 Å². The third-order valence-electron chi connectivity index (χ3n) is 8.33. The second kappa shape index (κ2) is 10.2. The maximum Gasteiger partial charge on any atom is 0.253 e. The van der Waals surface area contributed by atoms with Gasteiger partial charge in [-0.15, -0.1) is 5.10 Å². The molecule has 1 N–H and O–H groups in total. The summed E-state index contributed by atoms with van der Waals surface area (Å²) in [5.41, 5.74) is 4.69. The molecule has 2 fully saturated rings. The van der Waals surface area contributed by atoms with E-state index in [0.717, 1.165) is 76.1 Å². The molecule has 37 heavy (non-hydrogen) atoms. The fourth-order valence-corrected chi connectivity index (χ4v) is 6.80. The molecule has 3 aromatic rings. The maximum atomic E-state index is 13.5. The van der Waals surface area contributed by atoms with Gasteiger partial charge >= 0.3 is 0 Å². The number of amides is 2. The van der Waals surface area contributed by atoms with E-state index in [1.165, 1.54) is 17.1 Å². The number of piperidine rings is 1. The van der Waals surface area contributed by atoms with Crippen LogP contribution < -0.4 is 5.32 Å². The summed E-state index contributed by atoms with van der Waals surface area (Å²) in [5.74, 6) is -0.0854. The highest BCUT2D eigenvalue weighted by Crippen LogP contribution is 2.41. The molecule has 1 spiro atoms. The summed E-state index contributed by atoms with van der Waals surface area (Å²) < 4.78 is 3.97. The zero-order chi connectivity index (χ0) is 25.4. The SMILES string of the molecule is O=C(NC1CCc2ccc(C(=O)N3CCC4(CCN(Cc5csnn5)CC4)C3)cc21)c1ccccc1Cl. The van der Waals surface area contributed by atoms with Gasteiger partial charge in [0.05, 0.1) is 22.3 Å². The summed E-state index contributed by atoms with van der Waals surface area (Å²) >= 11 is 7.63. The van der Waals surface area contributed by atoms with Gasteiger partial charge in [0, 0.05) is 30.6 Å². The summed E-state index contributed by atoms with van der Waals surface area (Å²) in [4.78, 5) is 30.9. The van der Waals surface area contributed by atoms with Crippen LogP contribution in [0.3, 0.4) is 0 Å². The van der Waals surface area contributed by atoms with E-state index in [1.54, 1.807) is 12.1 Å². The topological polar surface area (TPSA) is 78.4 Å². The number of nitrogens with zero attached hydrogens (tertiary/aromatic N) is 4. The van der Waals surface area contributed by atoms with Crippen molar-refractivity contribution in [2.45, 2.75) is 44.7 Å². The first kappa shape index (κ1) is 24.5. The number of nitrogens with one attached hydrogen (secondary N) is 1. The molecule has 1 aliphatic carbocycles. The van der Waals surface area contributed by atoms with E-state index in [-0.39, 0.29) is 23.3 Å². The zero-order valence-electron chi connectivity index (χ0n) is 20.7. The molecule has 3 heterocycles. The van der Waals surface area contributed by atoms with Gasteiger partial charge in [-0.1, -0.05) is 34.3 Å². The Hall–Kier alpha value is -2.81. The highest BCUT2D eigenvalue weighted by Gasteiger charge is 2.42. The Kier molecular flexibility index (Phi) is 6.73. The van der Waals surface area contributed by atoms with Crippen LogP contribution in [-0.2, 0) is 13.0 Å². The largest absolute Gasteiger partial charge is 0.345 e. The van der Waals surface area contributed by atoms with Crippen LogP contribution in [0.4, 0.5) is 0 Å². The van der Waals surface area contributed by atoms with Crippen molar-refractivity contribution in [3.8, 4) is 0 Å². The van der Waals surface area contributed by atoms with Gasteiger partial charge in [-0.05, 0) is 97.5 Å². The van der Waals surface area contributed by atoms with Crippen molar-refractivity contribution in [3.05, 3.63) is 80.8 Å². The average molecular weight is 536 g/mol. The van der Waals surface area contributed by atoms with Gasteiger partial charge in [-0.2, -0.15) is 0 Å². The predicted octanol–water partition coefficient (Wildman–Crippen LogP) is 4.74. The summed E-state index contributed by atoms with van der Waals surface area (Å²) in [7, 11) is 0. The summed E-state index contributed by atoms with van der Waals surface area (Å²) in [6.45, 7) is 4.55. The molecular weight excluding hydrogens is 506 g/mol. The normalized spacial score (nSPS) is 20.8. The molecule has 0 saturated carbocycles. The van der Waals surface area contributed by atoms with Crippen LogP contribution in [0.5, 0.6) is 0 Å². The van der Waals surface area contributed by atoms with Crippen LogP contribution in [0.25, 0.3) is 0 Å². The second-order valence-electron chi connectivity index (χ2n) is 10.6. The molecular formula is C28H30ClN5O2S. The van der Waals surface area contributed by atoms with Gasteiger partial charge in [0.15, 0.2) is 0 Å². The van der Waals surface area contributed by atoms with E-state index in [2.05, 4.69) is 25.9 Å². The minimum absolute atomic E-state index is 0.0960. The lowest BCUT2D eigenvalue weighted by molar-refractivity contribution is 0.0712. The Bertz CT molecular complexity index is 1310. The number of aryl methyl sites for hydroxylation is 1. The van der Waals surface area contributed by atoms with Crippen molar-refractivity contribution >= 4 is 34.9 Å². The van der Waals surface area contributed by atoms with Gasteiger partial charge in [-0.25, -0.2) is 0 Å². The first-order chi connectivity index (χ1) is 18.0. The molecule has 0 radical (unpaired) electrons. The summed E-state index contributed by atoms with van der Waals surface area (Å²) in [6, 6.07) is 13.0. The number of benzene rings is 2. The summed E-state index contributed by atoms with van der Waals surface area (Å²) in [6.07, 6.45) is 4.98. The highest BCUT2D eigenvalue weighted by atomic mass is 35.5. The number of hydrogen-bond donors (Lipinski definition) is 1. The summed E-state index contributed by atoms with van der Waals surface area (Å²) in [5, 5.41) is 9.77. The number of rotatable bonds is 5. The average Bonchev–Trinajstić information content (AvgIpc) is 3.66. The first-order valence-corrected chi connectivity index (χ1v) is 14.2. The third kappa shape index (κ3) is 5.02. The molecule has 1 aromatic heterocycles.